The smallest absolute Gasteiger partial charge is 0.253 e. The van der Waals surface area contributed by atoms with E-state index in [0.29, 0.717) is 18.0 Å². The SMILES string of the molecule is Cc1cc2cc([C@H](c3nnnn3C[C@H]3CCCO3)N3CCC(Cc4ccccc4)CC3)c(=O)[nH]c2cc1C. The van der Waals surface area contributed by atoms with Crippen LogP contribution in [0.5, 0.6) is 0 Å². The lowest BCUT2D eigenvalue weighted by Crippen LogP contribution is -2.41. The number of likely N-dealkylation sites (tertiary alicyclic amines) is 1. The molecule has 0 radical (unpaired) electrons. The number of hydrogen-bond acceptors (Lipinski definition) is 6. The van der Waals surface area contributed by atoms with Gasteiger partial charge in [0.15, 0.2) is 5.82 Å². The number of piperidine rings is 1. The van der Waals surface area contributed by atoms with Crippen molar-refractivity contribution in [3.05, 3.63) is 87.0 Å². The molecule has 2 fully saturated rings. The lowest BCUT2D eigenvalue weighted by Gasteiger charge is -2.37. The molecule has 0 spiro atoms. The Morgan fingerprint density at radius 3 is 2.61 bits per heavy atom. The number of nitrogens with one attached hydrogen (secondary N) is 1. The molecule has 2 saturated heterocycles. The van der Waals surface area contributed by atoms with E-state index in [1.165, 1.54) is 16.7 Å². The van der Waals surface area contributed by atoms with Gasteiger partial charge in [0.25, 0.3) is 5.56 Å². The van der Waals surface area contributed by atoms with Crippen molar-refractivity contribution < 1.29 is 4.74 Å². The van der Waals surface area contributed by atoms with Gasteiger partial charge in [-0.2, -0.15) is 0 Å². The number of ether oxygens (including phenoxy) is 1. The monoisotopic (exact) mass is 512 g/mol. The highest BCUT2D eigenvalue weighted by Gasteiger charge is 2.34. The molecule has 0 amide bonds. The van der Waals surface area contributed by atoms with Crippen molar-refractivity contribution >= 4 is 10.9 Å². The molecule has 2 aromatic carbocycles. The predicted octanol–water partition coefficient (Wildman–Crippen LogP) is 4.35. The summed E-state index contributed by atoms with van der Waals surface area (Å²) in [6, 6.07) is 16.7. The molecule has 0 unspecified atom stereocenters. The van der Waals surface area contributed by atoms with E-state index in [4.69, 9.17) is 4.74 Å². The van der Waals surface area contributed by atoms with Crippen LogP contribution < -0.4 is 5.56 Å². The Kier molecular flexibility index (Phi) is 7.08. The van der Waals surface area contributed by atoms with Crippen LogP contribution in [0.3, 0.4) is 0 Å². The number of benzene rings is 2. The highest BCUT2D eigenvalue weighted by molar-refractivity contribution is 5.81. The second kappa shape index (κ2) is 10.8. The van der Waals surface area contributed by atoms with E-state index in [9.17, 15) is 4.79 Å². The Hall–Kier alpha value is -3.36. The summed E-state index contributed by atoms with van der Waals surface area (Å²) in [5.74, 6) is 1.34. The Bertz CT molecular complexity index is 1450. The van der Waals surface area contributed by atoms with E-state index in [1.807, 2.05) is 10.7 Å². The van der Waals surface area contributed by atoms with Crippen LogP contribution in [0.15, 0.2) is 53.3 Å². The van der Waals surface area contributed by atoms with Gasteiger partial charge in [0.05, 0.1) is 12.6 Å². The van der Waals surface area contributed by atoms with Crippen molar-refractivity contribution in [2.75, 3.05) is 19.7 Å². The molecule has 198 valence electrons. The van der Waals surface area contributed by atoms with Crippen molar-refractivity contribution in [3.63, 3.8) is 0 Å². The van der Waals surface area contributed by atoms with Gasteiger partial charge >= 0.3 is 0 Å². The Balaban J connectivity index is 1.34. The van der Waals surface area contributed by atoms with Gasteiger partial charge in [-0.1, -0.05) is 30.3 Å². The van der Waals surface area contributed by atoms with Crippen molar-refractivity contribution in [3.8, 4) is 0 Å². The lowest BCUT2D eigenvalue weighted by molar-refractivity contribution is 0.0892. The summed E-state index contributed by atoms with van der Waals surface area (Å²) >= 11 is 0. The fourth-order valence-electron chi connectivity index (χ4n) is 6.08. The summed E-state index contributed by atoms with van der Waals surface area (Å²) in [4.78, 5) is 19.1. The third kappa shape index (κ3) is 5.15. The molecule has 6 rings (SSSR count). The van der Waals surface area contributed by atoms with E-state index in [0.717, 1.165) is 68.5 Å². The maximum atomic E-state index is 13.6. The number of aromatic nitrogens is 5. The van der Waals surface area contributed by atoms with Gasteiger partial charge in [0, 0.05) is 17.7 Å². The minimum atomic E-state index is -0.321. The number of tetrazole rings is 1. The molecule has 2 aliphatic rings. The summed E-state index contributed by atoms with van der Waals surface area (Å²) in [7, 11) is 0. The predicted molar refractivity (Wildman–Crippen MR) is 147 cm³/mol. The molecular formula is C30H36N6O2. The van der Waals surface area contributed by atoms with Crippen LogP contribution in [0.1, 0.15) is 59.8 Å². The summed E-state index contributed by atoms with van der Waals surface area (Å²) in [5, 5.41) is 13.9. The van der Waals surface area contributed by atoms with Crippen molar-refractivity contribution in [2.45, 2.75) is 64.6 Å². The largest absolute Gasteiger partial charge is 0.376 e. The van der Waals surface area contributed by atoms with E-state index in [1.54, 1.807) is 0 Å². The first kappa shape index (κ1) is 24.9. The molecule has 2 aliphatic heterocycles. The first-order valence-corrected chi connectivity index (χ1v) is 13.8. The van der Waals surface area contributed by atoms with Gasteiger partial charge in [0.1, 0.15) is 6.04 Å². The van der Waals surface area contributed by atoms with E-state index >= 15 is 0 Å². The van der Waals surface area contributed by atoms with E-state index in [-0.39, 0.29) is 17.7 Å². The zero-order valence-electron chi connectivity index (χ0n) is 22.3. The fraction of sp³-hybridized carbons (Fsp3) is 0.467. The molecule has 8 nitrogen and oxygen atoms in total. The van der Waals surface area contributed by atoms with Crippen LogP contribution in [0.25, 0.3) is 10.9 Å². The maximum Gasteiger partial charge on any atom is 0.253 e. The zero-order valence-corrected chi connectivity index (χ0v) is 22.3. The van der Waals surface area contributed by atoms with Crippen molar-refractivity contribution in [2.24, 2.45) is 5.92 Å². The van der Waals surface area contributed by atoms with Crippen LogP contribution in [-0.2, 0) is 17.7 Å². The lowest BCUT2D eigenvalue weighted by atomic mass is 9.89. The van der Waals surface area contributed by atoms with Crippen molar-refractivity contribution in [1.29, 1.82) is 0 Å². The highest BCUT2D eigenvalue weighted by atomic mass is 16.5. The molecule has 4 aromatic rings. The average molecular weight is 513 g/mol. The zero-order chi connectivity index (χ0) is 26.1. The minimum Gasteiger partial charge on any atom is -0.376 e. The topological polar surface area (TPSA) is 88.9 Å². The number of H-pyrrole nitrogens is 1. The molecule has 8 heteroatoms. The molecule has 0 aliphatic carbocycles. The molecule has 0 bridgehead atoms. The van der Waals surface area contributed by atoms with Crippen LogP contribution in [0, 0.1) is 19.8 Å². The summed E-state index contributed by atoms with van der Waals surface area (Å²) in [6.45, 7) is 7.34. The number of fused-ring (bicyclic) bond motifs is 1. The number of aryl methyl sites for hydroxylation is 2. The van der Waals surface area contributed by atoms with Crippen molar-refractivity contribution in [1.82, 2.24) is 30.1 Å². The second-order valence-corrected chi connectivity index (χ2v) is 11.0. The maximum absolute atomic E-state index is 13.6. The average Bonchev–Trinajstić information content (AvgIpc) is 3.60. The number of aromatic amines is 1. The number of nitrogens with zero attached hydrogens (tertiary/aromatic N) is 5. The molecule has 38 heavy (non-hydrogen) atoms. The molecule has 4 heterocycles. The summed E-state index contributed by atoms with van der Waals surface area (Å²) < 4.78 is 7.75. The molecule has 1 N–H and O–H groups in total. The summed E-state index contributed by atoms with van der Waals surface area (Å²) in [6.07, 6.45) is 5.40. The number of rotatable bonds is 7. The highest BCUT2D eigenvalue weighted by Crippen LogP contribution is 2.32. The van der Waals surface area contributed by atoms with Gasteiger partial charge in [0.2, 0.25) is 0 Å². The third-order valence-corrected chi connectivity index (χ3v) is 8.37. The van der Waals surface area contributed by atoms with Crippen LogP contribution in [0.2, 0.25) is 0 Å². The Labute approximate surface area is 223 Å². The second-order valence-electron chi connectivity index (χ2n) is 11.0. The molecule has 2 atom stereocenters. The Morgan fingerprint density at radius 2 is 1.84 bits per heavy atom. The van der Waals surface area contributed by atoms with Crippen LogP contribution >= 0.6 is 0 Å². The number of hydrogen-bond donors (Lipinski definition) is 1. The first-order chi connectivity index (χ1) is 18.5. The van der Waals surface area contributed by atoms with Crippen LogP contribution in [0.4, 0.5) is 0 Å². The standard InChI is InChI=1S/C30H36N6O2/c1-20-15-24-18-26(30(37)31-27(24)16-21(20)2)28(29-32-33-34-36(29)19-25-9-6-14-38-25)35-12-10-23(11-13-35)17-22-7-4-3-5-8-22/h3-5,7-8,15-16,18,23,25,28H,6,9-14,17,19H2,1-2H3,(H,31,37)/t25-,28-/m1/s1. The molecule has 2 aromatic heterocycles. The normalized spacial score (nSPS) is 19.8. The van der Waals surface area contributed by atoms with E-state index in [2.05, 4.69) is 81.7 Å². The number of pyridine rings is 1. The van der Waals surface area contributed by atoms with Gasteiger partial charge in [-0.3, -0.25) is 9.69 Å². The van der Waals surface area contributed by atoms with Crippen LogP contribution in [-0.4, -0.2) is 55.9 Å². The third-order valence-electron chi connectivity index (χ3n) is 8.37. The van der Waals surface area contributed by atoms with Gasteiger partial charge < -0.3 is 9.72 Å². The van der Waals surface area contributed by atoms with E-state index < -0.39 is 0 Å². The van der Waals surface area contributed by atoms with Gasteiger partial charge in [-0.25, -0.2) is 4.68 Å². The minimum absolute atomic E-state index is 0.0798. The Morgan fingerprint density at radius 1 is 1.05 bits per heavy atom. The fourth-order valence-corrected chi connectivity index (χ4v) is 6.08. The quantitative estimate of drug-likeness (QED) is 0.396. The summed E-state index contributed by atoms with van der Waals surface area (Å²) in [5.41, 5.74) is 5.24. The van der Waals surface area contributed by atoms with Gasteiger partial charge in [-0.15, -0.1) is 5.10 Å². The van der Waals surface area contributed by atoms with Gasteiger partial charge in [-0.05, 0) is 116 Å². The molecule has 0 saturated carbocycles. The molecular weight excluding hydrogens is 476 g/mol. The first-order valence-electron chi connectivity index (χ1n) is 13.8.